The fraction of sp³-hybridized carbons (Fsp3) is 0.462. The van der Waals surface area contributed by atoms with Crippen molar-refractivity contribution in [1.82, 2.24) is 9.78 Å². The molecule has 2 N–H and O–H groups in total. The number of aryl methyl sites for hydroxylation is 3. The summed E-state index contributed by atoms with van der Waals surface area (Å²) in [6.07, 6.45) is 0. The van der Waals surface area contributed by atoms with Crippen LogP contribution in [0.2, 0.25) is 0 Å². The number of hydrogen-bond donors (Lipinski definition) is 1. The lowest BCUT2D eigenvalue weighted by Crippen LogP contribution is -2.21. The average molecular weight is 248 g/mol. The zero-order valence-electron chi connectivity index (χ0n) is 11.4. The highest BCUT2D eigenvalue weighted by molar-refractivity contribution is 5.49. The van der Waals surface area contributed by atoms with Gasteiger partial charge in [0, 0.05) is 26.2 Å². The van der Waals surface area contributed by atoms with Crippen LogP contribution in [0.3, 0.4) is 0 Å². The third-order valence-corrected chi connectivity index (χ3v) is 3.07. The molecule has 98 valence electrons. The summed E-state index contributed by atoms with van der Waals surface area (Å²) >= 11 is 0. The Morgan fingerprint density at radius 3 is 2.67 bits per heavy atom. The van der Waals surface area contributed by atoms with Crippen molar-refractivity contribution in [3.8, 4) is 0 Å². The van der Waals surface area contributed by atoms with Crippen LogP contribution in [0.5, 0.6) is 0 Å². The zero-order valence-corrected chi connectivity index (χ0v) is 11.4. The normalized spacial score (nSPS) is 10.9. The molecule has 0 aliphatic heterocycles. The highest BCUT2D eigenvalue weighted by atomic mass is 16.3. The molecule has 0 bridgehead atoms. The van der Waals surface area contributed by atoms with Crippen LogP contribution in [0.15, 0.2) is 16.5 Å². The summed E-state index contributed by atoms with van der Waals surface area (Å²) in [4.78, 5) is 2.11. The van der Waals surface area contributed by atoms with Gasteiger partial charge in [-0.15, -0.1) is 0 Å². The van der Waals surface area contributed by atoms with Crippen LogP contribution in [0.1, 0.15) is 22.8 Å². The van der Waals surface area contributed by atoms with Crippen LogP contribution in [0, 0.1) is 13.8 Å². The molecule has 2 rings (SSSR count). The van der Waals surface area contributed by atoms with E-state index in [1.54, 1.807) is 0 Å². The molecule has 0 atom stereocenters. The summed E-state index contributed by atoms with van der Waals surface area (Å²) in [5, 5.41) is 4.41. The van der Waals surface area contributed by atoms with Crippen molar-refractivity contribution in [3.05, 3.63) is 34.9 Å². The molecule has 5 nitrogen and oxygen atoms in total. The minimum atomic E-state index is 0.497. The molecule has 2 aromatic rings. The van der Waals surface area contributed by atoms with Gasteiger partial charge in [-0.3, -0.25) is 4.68 Å². The summed E-state index contributed by atoms with van der Waals surface area (Å²) in [5.41, 5.74) is 7.87. The number of anilines is 1. The SMILES string of the molecule is Cc1ccc(CN(C)c2c(CN)c(C)nn2C)o1. The van der Waals surface area contributed by atoms with Crippen molar-refractivity contribution in [3.63, 3.8) is 0 Å². The molecule has 18 heavy (non-hydrogen) atoms. The second-order valence-electron chi connectivity index (χ2n) is 4.58. The number of nitrogens with zero attached hydrogens (tertiary/aromatic N) is 3. The topological polar surface area (TPSA) is 60.2 Å². The highest BCUT2D eigenvalue weighted by Gasteiger charge is 2.16. The van der Waals surface area contributed by atoms with Gasteiger partial charge in [-0.05, 0) is 26.0 Å². The smallest absolute Gasteiger partial charge is 0.131 e. The van der Waals surface area contributed by atoms with Crippen molar-refractivity contribution in [1.29, 1.82) is 0 Å². The van der Waals surface area contributed by atoms with E-state index in [1.807, 2.05) is 44.8 Å². The predicted molar refractivity (Wildman–Crippen MR) is 71.4 cm³/mol. The van der Waals surface area contributed by atoms with Crippen molar-refractivity contribution in [2.24, 2.45) is 12.8 Å². The summed E-state index contributed by atoms with van der Waals surface area (Å²) in [7, 11) is 3.96. The summed E-state index contributed by atoms with van der Waals surface area (Å²) in [6, 6.07) is 3.97. The predicted octanol–water partition coefficient (Wildman–Crippen LogP) is 1.73. The Bertz CT molecular complexity index is 541. The van der Waals surface area contributed by atoms with Crippen molar-refractivity contribution in [2.45, 2.75) is 26.9 Å². The summed E-state index contributed by atoms with van der Waals surface area (Å²) < 4.78 is 7.46. The number of hydrogen-bond acceptors (Lipinski definition) is 4. The van der Waals surface area contributed by atoms with Gasteiger partial charge in [0.05, 0.1) is 12.2 Å². The number of rotatable bonds is 4. The maximum absolute atomic E-state index is 5.80. The van der Waals surface area contributed by atoms with Gasteiger partial charge < -0.3 is 15.1 Å². The van der Waals surface area contributed by atoms with E-state index in [1.165, 1.54) is 0 Å². The molecule has 0 unspecified atom stereocenters. The minimum absolute atomic E-state index is 0.497. The zero-order chi connectivity index (χ0) is 13.3. The molecular formula is C13H20N4O. The third kappa shape index (κ3) is 2.26. The minimum Gasteiger partial charge on any atom is -0.464 e. The number of aromatic nitrogens is 2. The van der Waals surface area contributed by atoms with Gasteiger partial charge in [-0.25, -0.2) is 0 Å². The second-order valence-corrected chi connectivity index (χ2v) is 4.58. The van der Waals surface area contributed by atoms with Crippen LogP contribution >= 0.6 is 0 Å². The Morgan fingerprint density at radius 2 is 2.11 bits per heavy atom. The van der Waals surface area contributed by atoms with Crippen molar-refractivity contribution in [2.75, 3.05) is 11.9 Å². The van der Waals surface area contributed by atoms with Gasteiger partial charge in [0.2, 0.25) is 0 Å². The number of furan rings is 1. The van der Waals surface area contributed by atoms with E-state index in [9.17, 15) is 0 Å². The molecule has 0 aromatic carbocycles. The molecule has 0 saturated carbocycles. The molecule has 0 aliphatic carbocycles. The van der Waals surface area contributed by atoms with Crippen molar-refractivity contribution >= 4 is 5.82 Å². The van der Waals surface area contributed by atoms with E-state index in [2.05, 4.69) is 10.00 Å². The molecule has 0 fully saturated rings. The standard InChI is InChI=1S/C13H20N4O/c1-9-5-6-11(18-9)8-16(3)13-12(7-14)10(2)15-17(13)4/h5-6H,7-8,14H2,1-4H3. The Labute approximate surface area is 107 Å². The Balaban J connectivity index is 2.25. The Hall–Kier alpha value is -1.75. The first-order chi connectivity index (χ1) is 8.52. The van der Waals surface area contributed by atoms with Gasteiger partial charge in [0.25, 0.3) is 0 Å². The van der Waals surface area contributed by atoms with Gasteiger partial charge in [-0.2, -0.15) is 5.10 Å². The summed E-state index contributed by atoms with van der Waals surface area (Å²) in [5.74, 6) is 2.92. The largest absolute Gasteiger partial charge is 0.464 e. The first-order valence-electron chi connectivity index (χ1n) is 6.02. The van der Waals surface area contributed by atoms with E-state index in [0.29, 0.717) is 13.1 Å². The van der Waals surface area contributed by atoms with Crippen LogP contribution in [0.25, 0.3) is 0 Å². The molecule has 0 amide bonds. The molecule has 0 saturated heterocycles. The fourth-order valence-corrected chi connectivity index (χ4v) is 2.29. The maximum Gasteiger partial charge on any atom is 0.131 e. The first kappa shape index (κ1) is 12.7. The average Bonchev–Trinajstić information content (AvgIpc) is 2.82. The number of nitrogens with two attached hydrogens (primary N) is 1. The van der Waals surface area contributed by atoms with Gasteiger partial charge in [0.15, 0.2) is 0 Å². The maximum atomic E-state index is 5.80. The van der Waals surface area contributed by atoms with E-state index in [4.69, 9.17) is 10.2 Å². The van der Waals surface area contributed by atoms with Gasteiger partial charge in [0.1, 0.15) is 17.3 Å². The lowest BCUT2D eigenvalue weighted by atomic mass is 10.2. The van der Waals surface area contributed by atoms with Crippen LogP contribution in [-0.4, -0.2) is 16.8 Å². The quantitative estimate of drug-likeness (QED) is 0.895. The fourth-order valence-electron chi connectivity index (χ4n) is 2.29. The highest BCUT2D eigenvalue weighted by Crippen LogP contribution is 2.23. The van der Waals surface area contributed by atoms with E-state index >= 15 is 0 Å². The van der Waals surface area contributed by atoms with E-state index < -0.39 is 0 Å². The molecule has 0 aliphatic rings. The second kappa shape index (κ2) is 4.86. The third-order valence-electron chi connectivity index (χ3n) is 3.07. The molecular weight excluding hydrogens is 228 g/mol. The van der Waals surface area contributed by atoms with E-state index in [0.717, 1.165) is 28.6 Å². The van der Waals surface area contributed by atoms with Crippen molar-refractivity contribution < 1.29 is 4.42 Å². The lowest BCUT2D eigenvalue weighted by molar-refractivity contribution is 0.480. The Morgan fingerprint density at radius 1 is 1.39 bits per heavy atom. The Kier molecular flexibility index (Phi) is 3.43. The molecule has 0 spiro atoms. The molecule has 5 heteroatoms. The molecule has 2 aromatic heterocycles. The monoisotopic (exact) mass is 248 g/mol. The molecule has 0 radical (unpaired) electrons. The van der Waals surface area contributed by atoms with Gasteiger partial charge >= 0.3 is 0 Å². The summed E-state index contributed by atoms with van der Waals surface area (Å²) in [6.45, 7) is 5.13. The van der Waals surface area contributed by atoms with E-state index in [-0.39, 0.29) is 0 Å². The lowest BCUT2D eigenvalue weighted by Gasteiger charge is -2.19. The van der Waals surface area contributed by atoms with Gasteiger partial charge in [-0.1, -0.05) is 0 Å². The first-order valence-corrected chi connectivity index (χ1v) is 6.02. The molecule has 2 heterocycles. The van der Waals surface area contributed by atoms with Crippen LogP contribution in [-0.2, 0) is 20.1 Å². The van der Waals surface area contributed by atoms with Crippen LogP contribution < -0.4 is 10.6 Å². The van der Waals surface area contributed by atoms with Crippen LogP contribution in [0.4, 0.5) is 5.82 Å².